The van der Waals surface area contributed by atoms with E-state index in [1.807, 2.05) is 13.8 Å². The van der Waals surface area contributed by atoms with Gasteiger partial charge in [0.1, 0.15) is 41.3 Å². The van der Waals surface area contributed by atoms with Gasteiger partial charge in [0.25, 0.3) is 0 Å². The van der Waals surface area contributed by atoms with Gasteiger partial charge in [-0.15, -0.1) is 5.10 Å². The number of hydrogen-bond acceptors (Lipinski definition) is 5. The number of ether oxygens (including phenoxy) is 2. The van der Waals surface area contributed by atoms with Crippen LogP contribution in [-0.2, 0) is 24.4 Å². The Labute approximate surface area is 189 Å². The van der Waals surface area contributed by atoms with Gasteiger partial charge in [-0.25, -0.2) is 13.2 Å². The molecule has 0 spiro atoms. The number of aromatic nitrogens is 3. The Balaban J connectivity index is 1.49. The molecule has 0 saturated carbocycles. The normalized spacial score (nSPS) is 11.3. The first-order valence-corrected chi connectivity index (χ1v) is 10.2. The SMILES string of the molecule is COc1ccc(CC(=O)NCC(C)(C)Cn2cc(COc3cc(F)cc(F)c3)nn2)c(F)c1. The number of benzene rings is 2. The molecule has 0 radical (unpaired) electrons. The van der Waals surface area contributed by atoms with Gasteiger partial charge in [-0.3, -0.25) is 9.48 Å². The van der Waals surface area contributed by atoms with Crippen LogP contribution in [0.4, 0.5) is 13.2 Å². The second-order valence-electron chi connectivity index (χ2n) is 8.38. The van der Waals surface area contributed by atoms with Crippen molar-refractivity contribution in [3.8, 4) is 11.5 Å². The summed E-state index contributed by atoms with van der Waals surface area (Å²) in [6.45, 7) is 4.64. The average Bonchev–Trinajstić information content (AvgIpc) is 3.18. The summed E-state index contributed by atoms with van der Waals surface area (Å²) < 4.78 is 52.5. The number of methoxy groups -OCH3 is 1. The summed E-state index contributed by atoms with van der Waals surface area (Å²) in [7, 11) is 1.44. The van der Waals surface area contributed by atoms with Crippen LogP contribution >= 0.6 is 0 Å². The number of rotatable bonds is 10. The van der Waals surface area contributed by atoms with Crippen molar-refractivity contribution in [3.05, 3.63) is 71.3 Å². The summed E-state index contributed by atoms with van der Waals surface area (Å²) in [5.41, 5.74) is 0.380. The zero-order chi connectivity index (χ0) is 24.0. The number of nitrogens with zero attached hydrogens (tertiary/aromatic N) is 3. The minimum Gasteiger partial charge on any atom is -0.497 e. The lowest BCUT2D eigenvalue weighted by Crippen LogP contribution is -2.37. The largest absolute Gasteiger partial charge is 0.497 e. The summed E-state index contributed by atoms with van der Waals surface area (Å²) in [5, 5.41) is 10.8. The van der Waals surface area contributed by atoms with Crippen LogP contribution < -0.4 is 14.8 Å². The molecule has 3 rings (SSSR count). The van der Waals surface area contributed by atoms with Gasteiger partial charge in [0.2, 0.25) is 5.91 Å². The highest BCUT2D eigenvalue weighted by molar-refractivity contribution is 5.78. The minimum atomic E-state index is -0.729. The second-order valence-corrected chi connectivity index (χ2v) is 8.38. The molecule has 1 heterocycles. The van der Waals surface area contributed by atoms with Gasteiger partial charge in [-0.2, -0.15) is 0 Å². The molecule has 33 heavy (non-hydrogen) atoms. The van der Waals surface area contributed by atoms with Crippen molar-refractivity contribution in [3.63, 3.8) is 0 Å². The van der Waals surface area contributed by atoms with Gasteiger partial charge in [0.15, 0.2) is 0 Å². The first kappa shape index (κ1) is 24.1. The van der Waals surface area contributed by atoms with Crippen LogP contribution in [0, 0.1) is 22.9 Å². The predicted molar refractivity (Wildman–Crippen MR) is 114 cm³/mol. The molecule has 0 fully saturated rings. The molecule has 1 amide bonds. The van der Waals surface area contributed by atoms with Crippen LogP contribution in [0.15, 0.2) is 42.6 Å². The van der Waals surface area contributed by atoms with Crippen LogP contribution in [0.3, 0.4) is 0 Å². The molecule has 0 aliphatic carbocycles. The van der Waals surface area contributed by atoms with E-state index in [0.717, 1.165) is 18.2 Å². The van der Waals surface area contributed by atoms with Crippen LogP contribution in [-0.4, -0.2) is 34.6 Å². The Bertz CT molecular complexity index is 1100. The summed E-state index contributed by atoms with van der Waals surface area (Å²) in [5.74, 6) is -1.82. The summed E-state index contributed by atoms with van der Waals surface area (Å²) in [6, 6.07) is 7.29. The zero-order valence-corrected chi connectivity index (χ0v) is 18.6. The lowest BCUT2D eigenvalue weighted by Gasteiger charge is -2.24. The molecular formula is C23H25F3N4O3. The molecule has 7 nitrogen and oxygen atoms in total. The smallest absolute Gasteiger partial charge is 0.224 e. The number of amides is 1. The Kier molecular flexibility index (Phi) is 7.57. The van der Waals surface area contributed by atoms with Crippen LogP contribution in [0.2, 0.25) is 0 Å². The summed E-state index contributed by atoms with van der Waals surface area (Å²) in [6.07, 6.45) is 1.57. The molecule has 2 aromatic carbocycles. The van der Waals surface area contributed by atoms with Crippen LogP contribution in [0.25, 0.3) is 0 Å². The third kappa shape index (κ3) is 7.23. The Hall–Kier alpha value is -3.56. The maximum Gasteiger partial charge on any atom is 0.224 e. The summed E-state index contributed by atoms with van der Waals surface area (Å²) in [4.78, 5) is 12.3. The highest BCUT2D eigenvalue weighted by atomic mass is 19.1. The molecule has 0 aliphatic rings. The van der Waals surface area contributed by atoms with E-state index < -0.39 is 17.5 Å². The fourth-order valence-electron chi connectivity index (χ4n) is 3.12. The van der Waals surface area contributed by atoms with Crippen molar-refractivity contribution >= 4 is 5.91 Å². The topological polar surface area (TPSA) is 78.3 Å². The highest BCUT2D eigenvalue weighted by Crippen LogP contribution is 2.19. The van der Waals surface area contributed by atoms with Gasteiger partial charge in [0.05, 0.1) is 19.7 Å². The molecule has 0 aliphatic heterocycles. The third-order valence-electron chi connectivity index (χ3n) is 4.77. The number of halogens is 3. The average molecular weight is 462 g/mol. The Morgan fingerprint density at radius 1 is 1.09 bits per heavy atom. The Morgan fingerprint density at radius 3 is 2.48 bits per heavy atom. The first-order valence-electron chi connectivity index (χ1n) is 10.2. The van der Waals surface area contributed by atoms with Crippen molar-refractivity contribution in [1.29, 1.82) is 0 Å². The maximum atomic E-state index is 14.0. The molecule has 1 aromatic heterocycles. The lowest BCUT2D eigenvalue weighted by atomic mass is 9.93. The molecule has 10 heteroatoms. The van der Waals surface area contributed by atoms with Crippen molar-refractivity contribution in [1.82, 2.24) is 20.3 Å². The van der Waals surface area contributed by atoms with Crippen molar-refractivity contribution in [2.24, 2.45) is 5.41 Å². The van der Waals surface area contributed by atoms with E-state index in [9.17, 15) is 18.0 Å². The molecule has 176 valence electrons. The molecule has 3 aromatic rings. The van der Waals surface area contributed by atoms with E-state index in [-0.39, 0.29) is 35.7 Å². The number of hydrogen-bond donors (Lipinski definition) is 1. The molecule has 1 N–H and O–H groups in total. The van der Waals surface area contributed by atoms with Gasteiger partial charge >= 0.3 is 0 Å². The van der Waals surface area contributed by atoms with E-state index in [1.54, 1.807) is 16.9 Å². The molecular weight excluding hydrogens is 437 g/mol. The predicted octanol–water partition coefficient (Wildman–Crippen LogP) is 3.67. The Morgan fingerprint density at radius 2 is 1.82 bits per heavy atom. The summed E-state index contributed by atoms with van der Waals surface area (Å²) >= 11 is 0. The third-order valence-corrected chi connectivity index (χ3v) is 4.77. The standard InChI is InChI=1S/C23H25F3N4O3/c1-23(2,13-27-22(31)6-15-4-5-19(32-3)10-21(15)26)14-30-11-18(28-29-30)12-33-20-8-16(24)7-17(25)9-20/h4-5,7-11H,6,12-14H2,1-3H3,(H,27,31). The molecule has 0 bridgehead atoms. The van der Waals surface area contributed by atoms with Crippen LogP contribution in [0.5, 0.6) is 11.5 Å². The lowest BCUT2D eigenvalue weighted by molar-refractivity contribution is -0.121. The van der Waals surface area contributed by atoms with Gasteiger partial charge in [0, 0.05) is 42.8 Å². The van der Waals surface area contributed by atoms with E-state index in [4.69, 9.17) is 9.47 Å². The van der Waals surface area contributed by atoms with Gasteiger partial charge in [-0.05, 0) is 11.6 Å². The molecule has 0 saturated heterocycles. The van der Waals surface area contributed by atoms with Crippen molar-refractivity contribution < 1.29 is 27.4 Å². The number of nitrogens with one attached hydrogen (secondary N) is 1. The quantitative estimate of drug-likeness (QED) is 0.498. The van der Waals surface area contributed by atoms with Crippen molar-refractivity contribution in [2.45, 2.75) is 33.4 Å². The van der Waals surface area contributed by atoms with Crippen LogP contribution in [0.1, 0.15) is 25.1 Å². The maximum absolute atomic E-state index is 14.0. The van der Waals surface area contributed by atoms with Crippen molar-refractivity contribution in [2.75, 3.05) is 13.7 Å². The number of carbonyl (C=O) groups is 1. The van der Waals surface area contributed by atoms with E-state index in [2.05, 4.69) is 15.6 Å². The minimum absolute atomic E-state index is 0.00647. The fraction of sp³-hybridized carbons (Fsp3) is 0.348. The monoisotopic (exact) mass is 462 g/mol. The van der Waals surface area contributed by atoms with E-state index in [1.165, 1.54) is 19.2 Å². The van der Waals surface area contributed by atoms with E-state index >= 15 is 0 Å². The van der Waals surface area contributed by atoms with Gasteiger partial charge < -0.3 is 14.8 Å². The molecule has 0 atom stereocenters. The second kappa shape index (κ2) is 10.4. The first-order chi connectivity index (χ1) is 15.6. The highest BCUT2D eigenvalue weighted by Gasteiger charge is 2.21. The number of carbonyl (C=O) groups excluding carboxylic acids is 1. The van der Waals surface area contributed by atoms with Gasteiger partial charge in [-0.1, -0.05) is 25.1 Å². The zero-order valence-electron chi connectivity index (χ0n) is 18.6. The molecule has 0 unspecified atom stereocenters. The fourth-order valence-corrected chi connectivity index (χ4v) is 3.12. The van der Waals surface area contributed by atoms with E-state index in [0.29, 0.717) is 24.5 Å².